The van der Waals surface area contributed by atoms with Gasteiger partial charge in [0, 0.05) is 9.13 Å². The number of carbonyl (C=O) groups excluding carboxylic acids is 1. The van der Waals surface area contributed by atoms with Crippen LogP contribution in [0.1, 0.15) is 24.2 Å². The van der Waals surface area contributed by atoms with E-state index < -0.39 is 17.9 Å². The van der Waals surface area contributed by atoms with Crippen molar-refractivity contribution in [2.45, 2.75) is 19.9 Å². The Morgan fingerprint density at radius 1 is 1.39 bits per heavy atom. The summed E-state index contributed by atoms with van der Waals surface area (Å²) >= 11 is 7.97. The van der Waals surface area contributed by atoms with E-state index in [1.54, 1.807) is 26.0 Å². The van der Waals surface area contributed by atoms with Gasteiger partial charge in [0.1, 0.15) is 6.04 Å². The molecule has 0 fully saturated rings. The molecule has 0 saturated heterocycles. The summed E-state index contributed by atoms with van der Waals surface area (Å²) < 4.78 is 0.837. The Bertz CT molecular complexity index is 476. The predicted molar refractivity (Wildman–Crippen MR) is 77.9 cm³/mol. The predicted octanol–water partition coefficient (Wildman–Crippen LogP) is 2.78. The second-order valence-corrected chi connectivity index (χ2v) is 5.73. The molecule has 1 aromatic carbocycles. The molecule has 2 N–H and O–H groups in total. The molecule has 1 amide bonds. The Hall–Kier alpha value is -0.820. The molecule has 0 aliphatic rings. The standard InChI is InChI=1S/C12H13ClINO3/c1-6(2)10(12(17)18)15-11(16)7-3-4-9(14)8(13)5-7/h3-6,10H,1-2H3,(H,15,16)(H,17,18). The molecular weight excluding hydrogens is 368 g/mol. The number of halogens is 2. The van der Waals surface area contributed by atoms with Gasteiger partial charge in [-0.25, -0.2) is 4.79 Å². The van der Waals surface area contributed by atoms with Gasteiger partial charge in [0.15, 0.2) is 0 Å². The fourth-order valence-electron chi connectivity index (χ4n) is 1.38. The van der Waals surface area contributed by atoms with Gasteiger partial charge in [-0.15, -0.1) is 0 Å². The van der Waals surface area contributed by atoms with Crippen molar-refractivity contribution in [3.63, 3.8) is 0 Å². The smallest absolute Gasteiger partial charge is 0.326 e. The molecule has 6 heteroatoms. The normalized spacial score (nSPS) is 12.3. The highest BCUT2D eigenvalue weighted by atomic mass is 127. The number of aliphatic carboxylic acids is 1. The average molecular weight is 382 g/mol. The van der Waals surface area contributed by atoms with Crippen LogP contribution in [0.15, 0.2) is 18.2 Å². The third-order valence-electron chi connectivity index (χ3n) is 2.40. The van der Waals surface area contributed by atoms with Crippen molar-refractivity contribution in [1.82, 2.24) is 5.32 Å². The summed E-state index contributed by atoms with van der Waals surface area (Å²) in [5.41, 5.74) is 0.354. The van der Waals surface area contributed by atoms with Crippen molar-refractivity contribution in [2.75, 3.05) is 0 Å². The molecule has 0 radical (unpaired) electrons. The molecule has 18 heavy (non-hydrogen) atoms. The first kappa shape index (κ1) is 15.2. The third kappa shape index (κ3) is 3.84. The van der Waals surface area contributed by atoms with Gasteiger partial charge in [-0.05, 0) is 46.7 Å². The lowest BCUT2D eigenvalue weighted by atomic mass is 10.0. The topological polar surface area (TPSA) is 66.4 Å². The van der Waals surface area contributed by atoms with Crippen LogP contribution in [0, 0.1) is 9.49 Å². The molecule has 1 aromatic rings. The van der Waals surface area contributed by atoms with Crippen LogP contribution in [-0.2, 0) is 4.79 Å². The van der Waals surface area contributed by atoms with Gasteiger partial charge in [-0.2, -0.15) is 0 Å². The van der Waals surface area contributed by atoms with Crippen LogP contribution in [-0.4, -0.2) is 23.0 Å². The maximum atomic E-state index is 11.9. The molecule has 1 atom stereocenters. The minimum atomic E-state index is -1.05. The van der Waals surface area contributed by atoms with E-state index in [2.05, 4.69) is 27.9 Å². The third-order valence-corrected chi connectivity index (χ3v) is 3.97. The highest BCUT2D eigenvalue weighted by molar-refractivity contribution is 14.1. The molecular formula is C12H13ClINO3. The lowest BCUT2D eigenvalue weighted by Crippen LogP contribution is -2.44. The molecule has 0 aliphatic heterocycles. The molecule has 0 spiro atoms. The Balaban J connectivity index is 2.87. The van der Waals surface area contributed by atoms with E-state index >= 15 is 0 Å². The molecule has 0 aliphatic carbocycles. The number of nitrogens with one attached hydrogen (secondary N) is 1. The maximum absolute atomic E-state index is 11.9. The first-order valence-corrected chi connectivity index (χ1v) is 6.77. The van der Waals surface area contributed by atoms with E-state index in [4.69, 9.17) is 16.7 Å². The van der Waals surface area contributed by atoms with E-state index in [0.29, 0.717) is 10.6 Å². The summed E-state index contributed by atoms with van der Waals surface area (Å²) in [6.07, 6.45) is 0. The molecule has 0 heterocycles. The molecule has 1 unspecified atom stereocenters. The monoisotopic (exact) mass is 381 g/mol. The van der Waals surface area contributed by atoms with E-state index in [1.165, 1.54) is 6.07 Å². The Kier molecular flexibility index (Phi) is 5.40. The fraction of sp³-hybridized carbons (Fsp3) is 0.333. The van der Waals surface area contributed by atoms with Crippen LogP contribution >= 0.6 is 34.2 Å². The average Bonchev–Trinajstić information content (AvgIpc) is 2.28. The highest BCUT2D eigenvalue weighted by Crippen LogP contribution is 2.19. The fourth-order valence-corrected chi connectivity index (χ4v) is 1.89. The van der Waals surface area contributed by atoms with Crippen LogP contribution in [0.3, 0.4) is 0 Å². The summed E-state index contributed by atoms with van der Waals surface area (Å²) in [7, 11) is 0. The lowest BCUT2D eigenvalue weighted by Gasteiger charge is -2.18. The van der Waals surface area contributed by atoms with Crippen molar-refractivity contribution in [3.05, 3.63) is 32.4 Å². The second kappa shape index (κ2) is 6.38. The van der Waals surface area contributed by atoms with Crippen molar-refractivity contribution in [1.29, 1.82) is 0 Å². The van der Waals surface area contributed by atoms with Crippen molar-refractivity contribution >= 4 is 46.1 Å². The highest BCUT2D eigenvalue weighted by Gasteiger charge is 2.24. The first-order chi connectivity index (χ1) is 8.32. The van der Waals surface area contributed by atoms with Crippen LogP contribution < -0.4 is 5.32 Å². The second-order valence-electron chi connectivity index (χ2n) is 4.16. The summed E-state index contributed by atoms with van der Waals surface area (Å²) in [5, 5.41) is 11.9. The Labute approximate surface area is 124 Å². The van der Waals surface area contributed by atoms with Crippen molar-refractivity contribution in [2.24, 2.45) is 5.92 Å². The largest absolute Gasteiger partial charge is 0.480 e. The SMILES string of the molecule is CC(C)C(NC(=O)c1ccc(I)c(Cl)c1)C(=O)O. The number of amides is 1. The van der Waals surface area contributed by atoms with Gasteiger partial charge in [0.05, 0.1) is 5.02 Å². The molecule has 98 valence electrons. The van der Waals surface area contributed by atoms with E-state index in [0.717, 1.165) is 3.57 Å². The summed E-state index contributed by atoms with van der Waals surface area (Å²) in [4.78, 5) is 22.9. The minimum absolute atomic E-state index is 0.189. The number of hydrogen-bond acceptors (Lipinski definition) is 2. The first-order valence-electron chi connectivity index (χ1n) is 5.31. The quantitative estimate of drug-likeness (QED) is 0.788. The van der Waals surface area contributed by atoms with E-state index in [9.17, 15) is 9.59 Å². The molecule has 0 bridgehead atoms. The van der Waals surface area contributed by atoms with Gasteiger partial charge >= 0.3 is 5.97 Å². The molecule has 1 rings (SSSR count). The van der Waals surface area contributed by atoms with Gasteiger partial charge < -0.3 is 10.4 Å². The minimum Gasteiger partial charge on any atom is -0.480 e. The maximum Gasteiger partial charge on any atom is 0.326 e. The summed E-state index contributed by atoms with van der Waals surface area (Å²) in [6.45, 7) is 3.47. The molecule has 4 nitrogen and oxygen atoms in total. The van der Waals surface area contributed by atoms with E-state index in [1.807, 2.05) is 0 Å². The van der Waals surface area contributed by atoms with Gasteiger partial charge in [-0.3, -0.25) is 4.79 Å². The molecule has 0 aromatic heterocycles. The van der Waals surface area contributed by atoms with Crippen LogP contribution in [0.25, 0.3) is 0 Å². The van der Waals surface area contributed by atoms with E-state index in [-0.39, 0.29) is 5.92 Å². The zero-order chi connectivity index (χ0) is 13.9. The van der Waals surface area contributed by atoms with Crippen molar-refractivity contribution < 1.29 is 14.7 Å². The van der Waals surface area contributed by atoms with Gasteiger partial charge in [-0.1, -0.05) is 25.4 Å². The van der Waals surface area contributed by atoms with Crippen LogP contribution in [0.2, 0.25) is 5.02 Å². The number of benzene rings is 1. The lowest BCUT2D eigenvalue weighted by molar-refractivity contribution is -0.140. The van der Waals surface area contributed by atoms with Crippen LogP contribution in [0.5, 0.6) is 0 Å². The number of hydrogen-bond donors (Lipinski definition) is 2. The number of rotatable bonds is 4. The number of carbonyl (C=O) groups is 2. The van der Waals surface area contributed by atoms with Crippen molar-refractivity contribution in [3.8, 4) is 0 Å². The summed E-state index contributed by atoms with van der Waals surface area (Å²) in [5.74, 6) is -1.67. The zero-order valence-corrected chi connectivity index (χ0v) is 12.8. The van der Waals surface area contributed by atoms with Crippen LogP contribution in [0.4, 0.5) is 0 Å². The Morgan fingerprint density at radius 3 is 2.44 bits per heavy atom. The number of carboxylic acid groups (broad SMARTS) is 1. The zero-order valence-electron chi connectivity index (χ0n) is 9.91. The number of carboxylic acids is 1. The molecule has 0 saturated carbocycles. The summed E-state index contributed by atoms with van der Waals surface area (Å²) in [6, 6.07) is 3.94. The van der Waals surface area contributed by atoms with Gasteiger partial charge in [0.25, 0.3) is 5.91 Å². The van der Waals surface area contributed by atoms with Gasteiger partial charge in [0.2, 0.25) is 0 Å². The Morgan fingerprint density at radius 2 is 2.00 bits per heavy atom.